The van der Waals surface area contributed by atoms with Crippen LogP contribution in [0.4, 0.5) is 4.79 Å². The van der Waals surface area contributed by atoms with Gasteiger partial charge in [-0.1, -0.05) is 0 Å². The van der Waals surface area contributed by atoms with Gasteiger partial charge in [0.2, 0.25) is 0 Å². The van der Waals surface area contributed by atoms with E-state index in [4.69, 9.17) is 4.74 Å². The largest absolute Gasteiger partial charge is 0.480 e. The number of hydrogen-bond donors (Lipinski definition) is 2. The lowest BCUT2D eigenvalue weighted by atomic mass is 9.90. The fraction of sp³-hybridized carbons (Fsp3) is 0.846. The summed E-state index contributed by atoms with van der Waals surface area (Å²) in [5, 5.41) is 12.4. The summed E-state index contributed by atoms with van der Waals surface area (Å²) in [6, 6.07) is 0. The first-order chi connectivity index (χ1) is 8.72. The molecule has 1 amide bonds. The fourth-order valence-electron chi connectivity index (χ4n) is 2.05. The summed E-state index contributed by atoms with van der Waals surface area (Å²) in [6.45, 7) is 6.43. The maximum Gasteiger partial charge on any atom is 0.410 e. The van der Waals surface area contributed by atoms with E-state index in [2.05, 4.69) is 5.32 Å². The first kappa shape index (κ1) is 14.1. The Morgan fingerprint density at radius 2 is 1.95 bits per heavy atom. The molecule has 0 spiro atoms. The minimum atomic E-state index is -0.987. The molecular formula is C13H22N2O4. The third-order valence-corrected chi connectivity index (χ3v) is 3.41. The van der Waals surface area contributed by atoms with E-state index in [0.717, 1.165) is 0 Å². The summed E-state index contributed by atoms with van der Waals surface area (Å²) in [7, 11) is 0. The van der Waals surface area contributed by atoms with Gasteiger partial charge >= 0.3 is 12.1 Å². The molecule has 1 saturated carbocycles. The highest BCUT2D eigenvalue weighted by Gasteiger charge is 2.52. The molecule has 0 unspecified atom stereocenters. The molecule has 108 valence electrons. The van der Waals surface area contributed by atoms with Crippen molar-refractivity contribution in [2.45, 2.75) is 44.8 Å². The molecule has 2 N–H and O–H groups in total. The number of aliphatic carboxylic acids is 1. The number of carboxylic acids is 1. The third-order valence-electron chi connectivity index (χ3n) is 3.41. The standard InChI is InChI=1S/C13H22N2O4/c1-12(2,3)19-11(18)15-7-13(8-15,10(16)17)14-6-9-4-5-9/h9,14H,4-8H2,1-3H3,(H,16,17). The number of carbonyl (C=O) groups excluding carboxylic acids is 1. The van der Waals surface area contributed by atoms with Crippen LogP contribution in [-0.2, 0) is 9.53 Å². The molecule has 0 aromatic heterocycles. The van der Waals surface area contributed by atoms with E-state index >= 15 is 0 Å². The molecule has 2 rings (SSSR count). The Kier molecular flexibility index (Phi) is 3.47. The first-order valence-corrected chi connectivity index (χ1v) is 6.68. The van der Waals surface area contributed by atoms with Crippen LogP contribution in [0.1, 0.15) is 33.6 Å². The molecule has 0 radical (unpaired) electrons. The number of nitrogens with one attached hydrogen (secondary N) is 1. The molecular weight excluding hydrogens is 248 g/mol. The zero-order valence-electron chi connectivity index (χ0n) is 11.7. The second kappa shape index (κ2) is 4.67. The Labute approximate surface area is 113 Å². The molecule has 1 aliphatic carbocycles. The first-order valence-electron chi connectivity index (χ1n) is 6.68. The summed E-state index contributed by atoms with van der Waals surface area (Å²) in [5.41, 5.74) is -1.54. The lowest BCUT2D eigenvalue weighted by molar-refractivity contribution is -0.152. The Bertz CT molecular complexity index is 379. The molecule has 1 heterocycles. The zero-order valence-corrected chi connectivity index (χ0v) is 11.7. The zero-order chi connectivity index (χ0) is 14.3. The summed E-state index contributed by atoms with van der Waals surface area (Å²) in [4.78, 5) is 24.6. The second-order valence-corrected chi connectivity index (χ2v) is 6.55. The summed E-state index contributed by atoms with van der Waals surface area (Å²) < 4.78 is 5.22. The van der Waals surface area contributed by atoms with E-state index in [1.165, 1.54) is 17.7 Å². The number of likely N-dealkylation sites (tertiary alicyclic amines) is 1. The molecule has 0 bridgehead atoms. The molecule has 6 nitrogen and oxygen atoms in total. The number of carbonyl (C=O) groups is 2. The summed E-state index contributed by atoms with van der Waals surface area (Å²) in [5.74, 6) is -0.292. The lowest BCUT2D eigenvalue weighted by Crippen LogP contribution is -2.74. The van der Waals surface area contributed by atoms with Gasteiger partial charge in [-0.05, 0) is 46.1 Å². The van der Waals surface area contributed by atoms with E-state index < -0.39 is 23.2 Å². The van der Waals surface area contributed by atoms with E-state index in [-0.39, 0.29) is 13.1 Å². The fourth-order valence-corrected chi connectivity index (χ4v) is 2.05. The van der Waals surface area contributed by atoms with Crippen molar-refractivity contribution < 1.29 is 19.4 Å². The van der Waals surface area contributed by atoms with Crippen LogP contribution in [0.25, 0.3) is 0 Å². The predicted octanol–water partition coefficient (Wildman–Crippen LogP) is 1.06. The van der Waals surface area contributed by atoms with Gasteiger partial charge in [0.05, 0.1) is 13.1 Å². The van der Waals surface area contributed by atoms with Crippen molar-refractivity contribution in [3.05, 3.63) is 0 Å². The SMILES string of the molecule is CC(C)(C)OC(=O)N1CC(NCC2CC2)(C(=O)O)C1. The van der Waals surface area contributed by atoms with Crippen molar-refractivity contribution in [1.82, 2.24) is 10.2 Å². The average molecular weight is 270 g/mol. The Morgan fingerprint density at radius 3 is 2.37 bits per heavy atom. The molecule has 0 aromatic rings. The minimum absolute atomic E-state index is 0.171. The van der Waals surface area contributed by atoms with E-state index in [1.807, 2.05) is 0 Å². The second-order valence-electron chi connectivity index (χ2n) is 6.55. The number of carboxylic acid groups (broad SMARTS) is 1. The van der Waals surface area contributed by atoms with Crippen LogP contribution in [0.5, 0.6) is 0 Å². The van der Waals surface area contributed by atoms with Gasteiger partial charge in [-0.25, -0.2) is 4.79 Å². The van der Waals surface area contributed by atoms with Crippen molar-refractivity contribution >= 4 is 12.1 Å². The van der Waals surface area contributed by atoms with Crippen molar-refractivity contribution in [3.8, 4) is 0 Å². The Hall–Kier alpha value is -1.30. The predicted molar refractivity (Wildman–Crippen MR) is 68.9 cm³/mol. The highest BCUT2D eigenvalue weighted by Crippen LogP contribution is 2.30. The number of nitrogens with zero attached hydrogens (tertiary/aromatic N) is 1. The highest BCUT2D eigenvalue weighted by atomic mass is 16.6. The van der Waals surface area contributed by atoms with E-state index in [1.54, 1.807) is 20.8 Å². The number of amides is 1. The Morgan fingerprint density at radius 1 is 1.37 bits per heavy atom. The van der Waals surface area contributed by atoms with Crippen LogP contribution < -0.4 is 5.32 Å². The maximum atomic E-state index is 11.8. The van der Waals surface area contributed by atoms with Crippen molar-refractivity contribution in [1.29, 1.82) is 0 Å². The Balaban J connectivity index is 1.86. The minimum Gasteiger partial charge on any atom is -0.480 e. The summed E-state index contributed by atoms with van der Waals surface area (Å²) >= 11 is 0. The highest BCUT2D eigenvalue weighted by molar-refractivity contribution is 5.84. The quantitative estimate of drug-likeness (QED) is 0.798. The van der Waals surface area contributed by atoms with Gasteiger partial charge in [-0.2, -0.15) is 0 Å². The van der Waals surface area contributed by atoms with Gasteiger partial charge in [0, 0.05) is 0 Å². The third kappa shape index (κ3) is 3.37. The van der Waals surface area contributed by atoms with Crippen LogP contribution in [-0.4, -0.2) is 52.8 Å². The molecule has 0 aromatic carbocycles. The van der Waals surface area contributed by atoms with Gasteiger partial charge < -0.3 is 14.7 Å². The van der Waals surface area contributed by atoms with Crippen LogP contribution >= 0.6 is 0 Å². The van der Waals surface area contributed by atoms with Gasteiger partial charge in [0.15, 0.2) is 5.54 Å². The van der Waals surface area contributed by atoms with Crippen molar-refractivity contribution in [2.75, 3.05) is 19.6 Å². The van der Waals surface area contributed by atoms with Crippen LogP contribution in [0, 0.1) is 5.92 Å². The molecule has 19 heavy (non-hydrogen) atoms. The van der Waals surface area contributed by atoms with Crippen molar-refractivity contribution in [3.63, 3.8) is 0 Å². The van der Waals surface area contributed by atoms with E-state index in [0.29, 0.717) is 12.5 Å². The molecule has 2 fully saturated rings. The summed E-state index contributed by atoms with van der Waals surface area (Å²) in [6.07, 6.45) is 1.88. The van der Waals surface area contributed by atoms with Crippen LogP contribution in [0.3, 0.4) is 0 Å². The molecule has 0 atom stereocenters. The topological polar surface area (TPSA) is 78.9 Å². The average Bonchev–Trinajstić information content (AvgIpc) is 2.95. The molecule has 6 heteroatoms. The number of hydrogen-bond acceptors (Lipinski definition) is 4. The maximum absolute atomic E-state index is 11.8. The van der Waals surface area contributed by atoms with Crippen molar-refractivity contribution in [2.24, 2.45) is 5.92 Å². The van der Waals surface area contributed by atoms with Gasteiger partial charge in [0.25, 0.3) is 0 Å². The molecule has 1 aliphatic heterocycles. The molecule has 2 aliphatic rings. The number of rotatable bonds is 4. The van der Waals surface area contributed by atoms with Gasteiger partial charge in [-0.15, -0.1) is 0 Å². The normalized spacial score (nSPS) is 21.7. The lowest BCUT2D eigenvalue weighted by Gasteiger charge is -2.47. The van der Waals surface area contributed by atoms with Gasteiger partial charge in [0.1, 0.15) is 5.60 Å². The van der Waals surface area contributed by atoms with Crippen LogP contribution in [0.15, 0.2) is 0 Å². The monoisotopic (exact) mass is 270 g/mol. The van der Waals surface area contributed by atoms with Crippen LogP contribution in [0.2, 0.25) is 0 Å². The number of ether oxygens (including phenoxy) is 1. The molecule has 1 saturated heterocycles. The van der Waals surface area contributed by atoms with E-state index in [9.17, 15) is 14.7 Å². The smallest absolute Gasteiger partial charge is 0.410 e. The van der Waals surface area contributed by atoms with Gasteiger partial charge in [-0.3, -0.25) is 10.1 Å².